The van der Waals surface area contributed by atoms with E-state index in [2.05, 4.69) is 45.8 Å². The first-order valence-electron chi connectivity index (χ1n) is 9.11. The average Bonchev–Trinajstić information content (AvgIpc) is 3.19. The zero-order chi connectivity index (χ0) is 17.4. The molecule has 0 radical (unpaired) electrons. The second-order valence-corrected chi connectivity index (χ2v) is 7.20. The van der Waals surface area contributed by atoms with Crippen molar-refractivity contribution in [1.82, 2.24) is 24.8 Å². The molecule has 4 rings (SSSR count). The third-order valence-electron chi connectivity index (χ3n) is 5.39. The van der Waals surface area contributed by atoms with E-state index in [0.717, 1.165) is 48.1 Å². The van der Waals surface area contributed by atoms with E-state index in [4.69, 9.17) is 10.2 Å². The summed E-state index contributed by atoms with van der Waals surface area (Å²) in [5.41, 5.74) is 3.11. The van der Waals surface area contributed by atoms with Gasteiger partial charge in [-0.05, 0) is 45.6 Å². The van der Waals surface area contributed by atoms with Crippen LogP contribution in [0.3, 0.4) is 0 Å². The summed E-state index contributed by atoms with van der Waals surface area (Å²) in [6.45, 7) is 4.19. The van der Waals surface area contributed by atoms with Gasteiger partial charge in [0.1, 0.15) is 17.0 Å². The van der Waals surface area contributed by atoms with Gasteiger partial charge in [-0.2, -0.15) is 5.26 Å². The molecular weight excluding hydrogens is 312 g/mol. The van der Waals surface area contributed by atoms with Crippen LogP contribution in [0, 0.1) is 18.3 Å². The highest BCUT2D eigenvalue weighted by atomic mass is 15.1. The standard InChI is InChI=1S/C19H24N6/c1-12(7-9-20)23-14-3-5-15(6-4-14)25-13(2)24-17-11-22-19-16(18(17)25)8-10-21-19/h8,10-12,14-15,23H,3-7H2,1-2H3,(H,21,22)/t12?,14-,15-. The summed E-state index contributed by atoms with van der Waals surface area (Å²) < 4.78 is 2.42. The molecule has 6 heteroatoms. The van der Waals surface area contributed by atoms with Crippen molar-refractivity contribution in [3.8, 4) is 6.07 Å². The summed E-state index contributed by atoms with van der Waals surface area (Å²) in [5.74, 6) is 1.07. The van der Waals surface area contributed by atoms with Gasteiger partial charge in [-0.15, -0.1) is 0 Å². The van der Waals surface area contributed by atoms with Crippen LogP contribution in [0.1, 0.15) is 50.9 Å². The van der Waals surface area contributed by atoms with Gasteiger partial charge in [0, 0.05) is 29.7 Å². The second-order valence-electron chi connectivity index (χ2n) is 7.20. The van der Waals surface area contributed by atoms with Crippen LogP contribution in [-0.4, -0.2) is 31.6 Å². The fourth-order valence-electron chi connectivity index (χ4n) is 4.25. The Balaban J connectivity index is 1.58. The molecule has 3 heterocycles. The number of nitriles is 1. The van der Waals surface area contributed by atoms with Crippen LogP contribution in [0.5, 0.6) is 0 Å². The first-order valence-corrected chi connectivity index (χ1v) is 9.11. The highest BCUT2D eigenvalue weighted by molar-refractivity contribution is 6.01. The van der Waals surface area contributed by atoms with Gasteiger partial charge in [-0.25, -0.2) is 9.97 Å². The van der Waals surface area contributed by atoms with Gasteiger partial charge in [-0.3, -0.25) is 0 Å². The van der Waals surface area contributed by atoms with Gasteiger partial charge < -0.3 is 14.9 Å². The predicted octanol–water partition coefficient (Wildman–Crippen LogP) is 3.60. The molecule has 3 aromatic heterocycles. The lowest BCUT2D eigenvalue weighted by atomic mass is 9.90. The van der Waals surface area contributed by atoms with E-state index in [0.29, 0.717) is 18.5 Å². The third kappa shape index (κ3) is 2.89. The molecule has 1 fully saturated rings. The first-order chi connectivity index (χ1) is 12.2. The maximum atomic E-state index is 8.83. The zero-order valence-electron chi connectivity index (χ0n) is 14.8. The molecule has 0 bridgehead atoms. The Morgan fingerprint density at radius 2 is 2.20 bits per heavy atom. The number of imidazole rings is 1. The number of H-pyrrole nitrogens is 1. The van der Waals surface area contributed by atoms with Crippen LogP contribution in [0.2, 0.25) is 0 Å². The van der Waals surface area contributed by atoms with E-state index >= 15 is 0 Å². The number of aryl methyl sites for hydroxylation is 1. The molecule has 0 saturated heterocycles. The highest BCUT2D eigenvalue weighted by Gasteiger charge is 2.26. The number of nitrogens with one attached hydrogen (secondary N) is 2. The number of rotatable bonds is 4. The summed E-state index contributed by atoms with van der Waals surface area (Å²) in [6, 6.07) is 5.61. The Labute approximate surface area is 147 Å². The van der Waals surface area contributed by atoms with Crippen molar-refractivity contribution in [1.29, 1.82) is 5.26 Å². The Bertz CT molecular complexity index is 923. The van der Waals surface area contributed by atoms with Gasteiger partial charge in [0.15, 0.2) is 0 Å². The third-order valence-corrected chi connectivity index (χ3v) is 5.39. The van der Waals surface area contributed by atoms with Crippen molar-refractivity contribution in [3.63, 3.8) is 0 Å². The number of nitrogens with zero attached hydrogens (tertiary/aromatic N) is 4. The Morgan fingerprint density at radius 1 is 1.40 bits per heavy atom. The maximum Gasteiger partial charge on any atom is 0.139 e. The number of aromatic amines is 1. The number of hydrogen-bond donors (Lipinski definition) is 2. The Morgan fingerprint density at radius 3 is 2.96 bits per heavy atom. The minimum atomic E-state index is 0.271. The van der Waals surface area contributed by atoms with Crippen molar-refractivity contribution in [3.05, 3.63) is 24.3 Å². The van der Waals surface area contributed by atoms with Crippen LogP contribution >= 0.6 is 0 Å². The molecule has 1 unspecified atom stereocenters. The molecule has 1 atom stereocenters. The predicted molar refractivity (Wildman–Crippen MR) is 98.2 cm³/mol. The zero-order valence-corrected chi connectivity index (χ0v) is 14.8. The molecule has 130 valence electrons. The molecule has 0 amide bonds. The summed E-state index contributed by atoms with van der Waals surface area (Å²) >= 11 is 0. The van der Waals surface area contributed by atoms with Crippen molar-refractivity contribution < 1.29 is 0 Å². The number of hydrogen-bond acceptors (Lipinski definition) is 4. The number of aromatic nitrogens is 4. The molecule has 0 aliphatic heterocycles. The van der Waals surface area contributed by atoms with Crippen LogP contribution in [0.25, 0.3) is 22.1 Å². The smallest absolute Gasteiger partial charge is 0.139 e. The summed E-state index contributed by atoms with van der Waals surface area (Å²) in [5, 5.41) is 13.6. The van der Waals surface area contributed by atoms with E-state index in [-0.39, 0.29) is 6.04 Å². The lowest BCUT2D eigenvalue weighted by Crippen LogP contribution is -2.39. The minimum absolute atomic E-state index is 0.271. The van der Waals surface area contributed by atoms with Crippen molar-refractivity contribution in [2.45, 2.75) is 64.1 Å². The number of fused-ring (bicyclic) bond motifs is 3. The van der Waals surface area contributed by atoms with E-state index < -0.39 is 0 Å². The molecule has 0 aromatic carbocycles. The quantitative estimate of drug-likeness (QED) is 0.762. The molecule has 0 spiro atoms. The largest absolute Gasteiger partial charge is 0.346 e. The molecule has 1 saturated carbocycles. The van der Waals surface area contributed by atoms with Crippen LogP contribution < -0.4 is 5.32 Å². The highest BCUT2D eigenvalue weighted by Crippen LogP contribution is 2.34. The minimum Gasteiger partial charge on any atom is -0.346 e. The van der Waals surface area contributed by atoms with Gasteiger partial charge in [0.25, 0.3) is 0 Å². The van der Waals surface area contributed by atoms with Crippen molar-refractivity contribution in [2.75, 3.05) is 0 Å². The van der Waals surface area contributed by atoms with Gasteiger partial charge in [-0.1, -0.05) is 0 Å². The fraction of sp³-hybridized carbons (Fsp3) is 0.526. The summed E-state index contributed by atoms with van der Waals surface area (Å²) in [6.07, 6.45) is 8.94. The average molecular weight is 336 g/mol. The molecule has 2 N–H and O–H groups in total. The topological polar surface area (TPSA) is 82.3 Å². The molecular formula is C19H24N6. The van der Waals surface area contributed by atoms with E-state index in [1.165, 1.54) is 5.52 Å². The lowest BCUT2D eigenvalue weighted by molar-refractivity contribution is 0.279. The fourth-order valence-corrected chi connectivity index (χ4v) is 4.25. The first kappa shape index (κ1) is 16.1. The monoisotopic (exact) mass is 336 g/mol. The summed E-state index contributed by atoms with van der Waals surface area (Å²) in [7, 11) is 0. The second kappa shape index (κ2) is 6.49. The molecule has 6 nitrogen and oxygen atoms in total. The molecule has 1 aliphatic rings. The SMILES string of the molecule is Cc1nc2cnc3[nH]ccc3c2n1[C@H]1CC[C@H](NC(C)CC#N)CC1. The Kier molecular flexibility index (Phi) is 4.18. The van der Waals surface area contributed by atoms with Gasteiger partial charge >= 0.3 is 0 Å². The number of pyridine rings is 1. The Hall–Kier alpha value is -2.39. The normalized spacial score (nSPS) is 22.3. The molecule has 1 aliphatic carbocycles. The van der Waals surface area contributed by atoms with E-state index in [1.807, 2.05) is 12.4 Å². The van der Waals surface area contributed by atoms with E-state index in [1.54, 1.807) is 0 Å². The summed E-state index contributed by atoms with van der Waals surface area (Å²) in [4.78, 5) is 12.4. The van der Waals surface area contributed by atoms with Crippen LogP contribution in [-0.2, 0) is 0 Å². The molecule has 25 heavy (non-hydrogen) atoms. The maximum absolute atomic E-state index is 8.83. The van der Waals surface area contributed by atoms with Crippen LogP contribution in [0.4, 0.5) is 0 Å². The van der Waals surface area contributed by atoms with Crippen molar-refractivity contribution in [2.24, 2.45) is 0 Å². The lowest BCUT2D eigenvalue weighted by Gasteiger charge is -2.32. The van der Waals surface area contributed by atoms with Gasteiger partial charge in [0.2, 0.25) is 0 Å². The van der Waals surface area contributed by atoms with Crippen molar-refractivity contribution >= 4 is 22.1 Å². The van der Waals surface area contributed by atoms with Gasteiger partial charge in [0.05, 0.1) is 24.2 Å². The molecule has 3 aromatic rings. The van der Waals surface area contributed by atoms with Crippen LogP contribution in [0.15, 0.2) is 18.5 Å². The van der Waals surface area contributed by atoms with E-state index in [9.17, 15) is 0 Å².